The molecule has 1 unspecified atom stereocenters. The van der Waals surface area contributed by atoms with Gasteiger partial charge in [0.25, 0.3) is 0 Å². The fourth-order valence-electron chi connectivity index (χ4n) is 8.51. The predicted octanol–water partition coefficient (Wildman–Crippen LogP) is 14.9. The first kappa shape index (κ1) is 33.4. The minimum absolute atomic E-state index is 0.303. The first-order valence-electron chi connectivity index (χ1n) is 19.5. The van der Waals surface area contributed by atoms with E-state index in [1.165, 1.54) is 67.1 Å². The second-order valence-electron chi connectivity index (χ2n) is 14.5. The van der Waals surface area contributed by atoms with Gasteiger partial charge < -0.3 is 9.80 Å². The molecule has 0 aromatic heterocycles. The van der Waals surface area contributed by atoms with Crippen molar-refractivity contribution in [2.24, 2.45) is 0 Å². The van der Waals surface area contributed by atoms with Gasteiger partial charge in [0.2, 0.25) is 0 Å². The Morgan fingerprint density at radius 2 is 1.00 bits per heavy atom. The summed E-state index contributed by atoms with van der Waals surface area (Å²) in [5.74, 6) is 0.303. The number of nitrogens with zero attached hydrogens (tertiary/aromatic N) is 2. The van der Waals surface area contributed by atoms with E-state index < -0.39 is 0 Å². The maximum Gasteiger partial charge on any atom is 0.0540 e. The van der Waals surface area contributed by atoms with Crippen LogP contribution in [0.3, 0.4) is 0 Å². The molecule has 0 saturated carbocycles. The summed E-state index contributed by atoms with van der Waals surface area (Å²) in [5.41, 5.74) is 18.1. The van der Waals surface area contributed by atoms with Crippen molar-refractivity contribution >= 4 is 28.4 Å². The molecule has 0 spiro atoms. The molecule has 0 saturated heterocycles. The zero-order chi connectivity index (χ0) is 37.3. The molecule has 1 aliphatic heterocycles. The Balaban J connectivity index is 1.10. The van der Waals surface area contributed by atoms with E-state index in [1.807, 2.05) is 0 Å². The number of para-hydroxylation sites is 2. The smallest absolute Gasteiger partial charge is 0.0540 e. The molecule has 2 nitrogen and oxygen atoms in total. The van der Waals surface area contributed by atoms with Gasteiger partial charge >= 0.3 is 0 Å². The number of allylic oxidation sites excluding steroid dienone is 4. The highest BCUT2D eigenvalue weighted by Gasteiger charge is 2.35. The van der Waals surface area contributed by atoms with E-state index in [2.05, 4.69) is 234 Å². The van der Waals surface area contributed by atoms with Crippen LogP contribution in [0, 0.1) is 0 Å². The van der Waals surface area contributed by atoms with Crippen LogP contribution >= 0.6 is 0 Å². The lowest BCUT2D eigenvalue weighted by molar-refractivity contribution is 0.820. The number of anilines is 5. The van der Waals surface area contributed by atoms with Crippen LogP contribution in [0.4, 0.5) is 28.4 Å². The number of fused-ring (bicyclic) bond motifs is 3. The van der Waals surface area contributed by atoms with Gasteiger partial charge in [-0.05, 0) is 106 Å². The van der Waals surface area contributed by atoms with Crippen LogP contribution in [-0.4, -0.2) is 0 Å². The fraction of sp³-hybridized carbons (Fsp3) is 0.0370. The largest absolute Gasteiger partial charge is 0.313 e. The molecule has 266 valence electrons. The van der Waals surface area contributed by atoms with Gasteiger partial charge in [-0.3, -0.25) is 0 Å². The lowest BCUT2D eigenvalue weighted by atomic mass is 9.90. The summed E-state index contributed by atoms with van der Waals surface area (Å²) in [7, 11) is 0. The van der Waals surface area contributed by atoms with Crippen molar-refractivity contribution in [3.05, 3.63) is 236 Å². The summed E-state index contributed by atoms with van der Waals surface area (Å²) in [5, 5.41) is 0. The average Bonchev–Trinajstić information content (AvgIpc) is 3.62. The zero-order valence-corrected chi connectivity index (χ0v) is 31.0. The van der Waals surface area contributed by atoms with Gasteiger partial charge in [0.05, 0.1) is 11.4 Å². The van der Waals surface area contributed by atoms with Crippen LogP contribution in [0.15, 0.2) is 230 Å². The summed E-state index contributed by atoms with van der Waals surface area (Å²) in [6, 6.07) is 74.7. The Bertz CT molecular complexity index is 2700. The fourth-order valence-corrected chi connectivity index (χ4v) is 8.51. The molecule has 1 heterocycles. The van der Waals surface area contributed by atoms with Gasteiger partial charge in [0.1, 0.15) is 0 Å². The van der Waals surface area contributed by atoms with Crippen LogP contribution in [0.5, 0.6) is 0 Å². The highest BCUT2D eigenvalue weighted by atomic mass is 15.2. The molecule has 56 heavy (non-hydrogen) atoms. The third-order valence-electron chi connectivity index (χ3n) is 11.2. The summed E-state index contributed by atoms with van der Waals surface area (Å²) < 4.78 is 0. The van der Waals surface area contributed by atoms with Gasteiger partial charge in [-0.1, -0.05) is 170 Å². The molecule has 2 aliphatic rings. The van der Waals surface area contributed by atoms with Gasteiger partial charge in [-0.15, -0.1) is 0 Å². The maximum atomic E-state index is 2.51. The second-order valence-corrected chi connectivity index (χ2v) is 14.5. The molecule has 0 radical (unpaired) electrons. The summed E-state index contributed by atoms with van der Waals surface area (Å²) >= 11 is 0. The van der Waals surface area contributed by atoms with Gasteiger partial charge in [0, 0.05) is 34.2 Å². The Hall–Kier alpha value is -7.16. The minimum Gasteiger partial charge on any atom is -0.313 e. The molecule has 0 bridgehead atoms. The summed E-state index contributed by atoms with van der Waals surface area (Å²) in [4.78, 5) is 4.89. The molecule has 8 aromatic rings. The molecule has 10 rings (SSSR count). The van der Waals surface area contributed by atoms with Crippen molar-refractivity contribution in [1.29, 1.82) is 0 Å². The normalized spacial score (nSPS) is 14.2. The van der Waals surface area contributed by atoms with Crippen LogP contribution in [0.2, 0.25) is 0 Å². The first-order chi connectivity index (χ1) is 27.8. The lowest BCUT2D eigenvalue weighted by Crippen LogP contribution is -2.15. The number of hydrogen-bond donors (Lipinski definition) is 0. The van der Waals surface area contributed by atoms with Gasteiger partial charge in [-0.2, -0.15) is 0 Å². The Labute approximate surface area is 329 Å². The molecular weight excluding hydrogens is 677 g/mol. The van der Waals surface area contributed by atoms with Gasteiger partial charge in [-0.25, -0.2) is 0 Å². The van der Waals surface area contributed by atoms with Crippen molar-refractivity contribution < 1.29 is 0 Å². The van der Waals surface area contributed by atoms with E-state index in [4.69, 9.17) is 0 Å². The number of rotatable bonds is 8. The van der Waals surface area contributed by atoms with Crippen LogP contribution in [0.25, 0.3) is 44.5 Å². The first-order valence-corrected chi connectivity index (χ1v) is 19.5. The van der Waals surface area contributed by atoms with Crippen molar-refractivity contribution in [3.63, 3.8) is 0 Å². The topological polar surface area (TPSA) is 6.48 Å². The minimum atomic E-state index is 0.303. The molecule has 0 amide bonds. The van der Waals surface area contributed by atoms with Crippen molar-refractivity contribution in [2.75, 3.05) is 9.80 Å². The highest BCUT2D eigenvalue weighted by molar-refractivity contribution is 5.93. The quantitative estimate of drug-likeness (QED) is 0.154. The lowest BCUT2D eigenvalue weighted by Gasteiger charge is -2.28. The average molecular weight is 717 g/mol. The Morgan fingerprint density at radius 1 is 0.429 bits per heavy atom. The van der Waals surface area contributed by atoms with E-state index >= 15 is 0 Å². The number of benzene rings is 8. The predicted molar refractivity (Wildman–Crippen MR) is 236 cm³/mol. The molecule has 1 atom stereocenters. The SMILES string of the molecule is C1=CCC2C(=C1)N(c1ccc(-c3ccccc3)c(-c3ccccc3)c1)c1cc(-c3ccccc3N(c3ccccc3)c3ccc(-c4ccccc4)cc3)ccc12. The third kappa shape index (κ3) is 6.12. The third-order valence-corrected chi connectivity index (χ3v) is 11.2. The van der Waals surface area contributed by atoms with E-state index in [9.17, 15) is 0 Å². The Kier molecular flexibility index (Phi) is 8.70. The van der Waals surface area contributed by atoms with E-state index in [-0.39, 0.29) is 0 Å². The second kappa shape index (κ2) is 14.6. The summed E-state index contributed by atoms with van der Waals surface area (Å²) in [6.07, 6.45) is 7.82. The standard InChI is InChI=1S/C54H40N2/c1-5-17-39(18-6-1)40-29-32-45(33-30-40)55(44-23-11-4-12-24-44)52-27-15-13-25-48(52)43-31-35-50-49-26-14-16-28-53(49)56(54(50)37-43)46-34-36-47(41-19-7-2-8-20-41)51(38-46)42-21-9-3-10-22-42/h1-25,27-38,49H,26H2. The van der Waals surface area contributed by atoms with Crippen molar-refractivity contribution in [2.45, 2.75) is 12.3 Å². The molecule has 0 N–H and O–H groups in total. The monoisotopic (exact) mass is 716 g/mol. The van der Waals surface area contributed by atoms with E-state index in [0.29, 0.717) is 5.92 Å². The van der Waals surface area contributed by atoms with Gasteiger partial charge in [0.15, 0.2) is 0 Å². The number of hydrogen-bond acceptors (Lipinski definition) is 2. The summed E-state index contributed by atoms with van der Waals surface area (Å²) in [6.45, 7) is 0. The van der Waals surface area contributed by atoms with Crippen LogP contribution < -0.4 is 9.80 Å². The van der Waals surface area contributed by atoms with Crippen molar-refractivity contribution in [1.82, 2.24) is 0 Å². The highest BCUT2D eigenvalue weighted by Crippen LogP contribution is 2.53. The molecule has 0 fully saturated rings. The van der Waals surface area contributed by atoms with Crippen LogP contribution in [0.1, 0.15) is 17.9 Å². The molecule has 8 aromatic carbocycles. The van der Waals surface area contributed by atoms with Crippen LogP contribution in [-0.2, 0) is 0 Å². The molecule has 1 aliphatic carbocycles. The van der Waals surface area contributed by atoms with E-state index in [1.54, 1.807) is 0 Å². The maximum absolute atomic E-state index is 2.51. The molecule has 2 heteroatoms. The zero-order valence-electron chi connectivity index (χ0n) is 31.0. The van der Waals surface area contributed by atoms with Crippen molar-refractivity contribution in [3.8, 4) is 44.5 Å². The van der Waals surface area contributed by atoms with E-state index in [0.717, 1.165) is 23.5 Å². The Morgan fingerprint density at radius 3 is 1.71 bits per heavy atom. The molecular formula is C54H40N2.